The molecule has 1 rings (SSSR count). The van der Waals surface area contributed by atoms with Gasteiger partial charge < -0.3 is 11.1 Å². The van der Waals surface area contributed by atoms with Gasteiger partial charge in [-0.25, -0.2) is 0 Å². The second-order valence-corrected chi connectivity index (χ2v) is 4.25. The highest BCUT2D eigenvalue weighted by Gasteiger charge is 2.03. The van der Waals surface area contributed by atoms with Gasteiger partial charge in [0.15, 0.2) is 0 Å². The molecule has 0 atom stereocenters. The summed E-state index contributed by atoms with van der Waals surface area (Å²) in [6.07, 6.45) is 2.27. The maximum atomic E-state index is 5.71. The first-order valence-electron chi connectivity index (χ1n) is 4.99. The zero-order valence-corrected chi connectivity index (χ0v) is 10.3. The van der Waals surface area contributed by atoms with E-state index in [4.69, 9.17) is 5.73 Å². The van der Waals surface area contributed by atoms with E-state index in [0.29, 0.717) is 6.04 Å². The van der Waals surface area contributed by atoms with E-state index in [2.05, 4.69) is 35.1 Å². The summed E-state index contributed by atoms with van der Waals surface area (Å²) in [4.78, 5) is 0. The fraction of sp³-hybridized carbons (Fsp3) is 0.455. The topological polar surface area (TPSA) is 38.0 Å². The van der Waals surface area contributed by atoms with E-state index in [1.54, 1.807) is 0 Å². The van der Waals surface area contributed by atoms with Crippen molar-refractivity contribution in [1.29, 1.82) is 0 Å². The minimum absolute atomic E-state index is 0.547. The third kappa shape index (κ3) is 2.91. The van der Waals surface area contributed by atoms with E-state index in [1.807, 2.05) is 18.2 Å². The molecule has 0 heterocycles. The summed E-state index contributed by atoms with van der Waals surface area (Å²) in [7, 11) is 0. The van der Waals surface area contributed by atoms with Gasteiger partial charge in [-0.2, -0.15) is 0 Å². The molecule has 78 valence electrons. The lowest BCUT2D eigenvalue weighted by Crippen LogP contribution is -2.16. The molecule has 3 heteroatoms. The Bertz CT molecular complexity index is 295. The summed E-state index contributed by atoms with van der Waals surface area (Å²) in [5.74, 6) is 0. The van der Waals surface area contributed by atoms with Gasteiger partial charge in [0.1, 0.15) is 0 Å². The molecular weight excluding hydrogens is 240 g/mol. The highest BCUT2D eigenvalue weighted by molar-refractivity contribution is 9.10. The van der Waals surface area contributed by atoms with Crippen LogP contribution in [-0.4, -0.2) is 6.04 Å². The standard InChI is InChI=1S/C11H17BrN2/c1-3-8(4-2)14-9-5-6-11(13)10(12)7-9/h5-8,14H,3-4,13H2,1-2H3. The molecule has 0 unspecified atom stereocenters. The predicted octanol–water partition coefficient (Wildman–Crippen LogP) is 3.63. The molecule has 0 amide bonds. The molecule has 3 N–H and O–H groups in total. The Morgan fingerprint density at radius 1 is 1.36 bits per heavy atom. The summed E-state index contributed by atoms with van der Waals surface area (Å²) in [5.41, 5.74) is 7.61. The molecule has 14 heavy (non-hydrogen) atoms. The smallest absolute Gasteiger partial charge is 0.0460 e. The molecule has 2 nitrogen and oxygen atoms in total. The van der Waals surface area contributed by atoms with Gasteiger partial charge in [-0.3, -0.25) is 0 Å². The number of benzene rings is 1. The average molecular weight is 257 g/mol. The molecule has 0 aliphatic rings. The van der Waals surface area contributed by atoms with Crippen LogP contribution in [-0.2, 0) is 0 Å². The van der Waals surface area contributed by atoms with Crippen molar-refractivity contribution in [1.82, 2.24) is 0 Å². The molecule has 0 fully saturated rings. The number of hydrogen-bond acceptors (Lipinski definition) is 2. The van der Waals surface area contributed by atoms with Crippen molar-refractivity contribution in [3.8, 4) is 0 Å². The van der Waals surface area contributed by atoms with Crippen LogP contribution in [0.1, 0.15) is 26.7 Å². The monoisotopic (exact) mass is 256 g/mol. The SMILES string of the molecule is CCC(CC)Nc1ccc(N)c(Br)c1. The Balaban J connectivity index is 2.72. The summed E-state index contributed by atoms with van der Waals surface area (Å²) in [6, 6.07) is 6.49. The minimum atomic E-state index is 0.547. The highest BCUT2D eigenvalue weighted by Crippen LogP contribution is 2.24. The maximum absolute atomic E-state index is 5.71. The molecule has 0 bridgehead atoms. The van der Waals surface area contributed by atoms with Crippen LogP contribution < -0.4 is 11.1 Å². The molecule has 0 saturated carbocycles. The number of rotatable bonds is 4. The van der Waals surface area contributed by atoms with Gasteiger partial charge >= 0.3 is 0 Å². The minimum Gasteiger partial charge on any atom is -0.398 e. The van der Waals surface area contributed by atoms with Crippen LogP contribution in [0, 0.1) is 0 Å². The summed E-state index contributed by atoms with van der Waals surface area (Å²) in [6.45, 7) is 4.38. The zero-order valence-electron chi connectivity index (χ0n) is 8.68. The molecule has 0 spiro atoms. The molecule has 0 aliphatic heterocycles. The van der Waals surface area contributed by atoms with Crippen molar-refractivity contribution in [2.45, 2.75) is 32.7 Å². The van der Waals surface area contributed by atoms with Gasteiger partial charge in [-0.1, -0.05) is 13.8 Å². The van der Waals surface area contributed by atoms with Crippen LogP contribution in [0.15, 0.2) is 22.7 Å². The number of anilines is 2. The first-order chi connectivity index (χ1) is 6.67. The van der Waals surface area contributed by atoms with Gasteiger partial charge in [-0.05, 0) is 47.0 Å². The van der Waals surface area contributed by atoms with Crippen molar-refractivity contribution >= 4 is 27.3 Å². The Morgan fingerprint density at radius 2 is 2.00 bits per heavy atom. The van der Waals surface area contributed by atoms with Crippen molar-refractivity contribution in [3.63, 3.8) is 0 Å². The summed E-state index contributed by atoms with van der Waals surface area (Å²) < 4.78 is 0.952. The third-order valence-corrected chi connectivity index (χ3v) is 3.04. The van der Waals surface area contributed by atoms with Crippen molar-refractivity contribution in [3.05, 3.63) is 22.7 Å². The number of nitrogens with two attached hydrogens (primary N) is 1. The average Bonchev–Trinajstić information content (AvgIpc) is 2.19. The van der Waals surface area contributed by atoms with Crippen LogP contribution in [0.4, 0.5) is 11.4 Å². The fourth-order valence-corrected chi connectivity index (χ4v) is 1.72. The summed E-state index contributed by atoms with van der Waals surface area (Å²) >= 11 is 3.41. The van der Waals surface area contributed by atoms with Crippen molar-refractivity contribution in [2.24, 2.45) is 0 Å². The lowest BCUT2D eigenvalue weighted by atomic mass is 10.1. The van der Waals surface area contributed by atoms with Crippen molar-refractivity contribution < 1.29 is 0 Å². The Kier molecular flexibility index (Phi) is 4.26. The van der Waals surface area contributed by atoms with E-state index >= 15 is 0 Å². The maximum Gasteiger partial charge on any atom is 0.0460 e. The Labute approximate surface area is 94.0 Å². The van der Waals surface area contributed by atoms with Crippen LogP contribution in [0.2, 0.25) is 0 Å². The molecule has 1 aromatic rings. The molecule has 1 aromatic carbocycles. The number of nitrogen functional groups attached to an aromatic ring is 1. The number of halogens is 1. The van der Waals surface area contributed by atoms with Crippen LogP contribution >= 0.6 is 15.9 Å². The normalized spacial score (nSPS) is 10.6. The quantitative estimate of drug-likeness (QED) is 0.808. The van der Waals surface area contributed by atoms with Gasteiger partial charge in [0, 0.05) is 21.9 Å². The van der Waals surface area contributed by atoms with E-state index in [-0.39, 0.29) is 0 Å². The molecule has 0 radical (unpaired) electrons. The first-order valence-corrected chi connectivity index (χ1v) is 5.78. The van der Waals surface area contributed by atoms with Crippen LogP contribution in [0.5, 0.6) is 0 Å². The summed E-state index contributed by atoms with van der Waals surface area (Å²) in [5, 5.41) is 3.46. The van der Waals surface area contributed by atoms with Gasteiger partial charge in [0.05, 0.1) is 0 Å². The predicted molar refractivity (Wildman–Crippen MR) is 66.5 cm³/mol. The van der Waals surface area contributed by atoms with Gasteiger partial charge in [0.25, 0.3) is 0 Å². The molecule has 0 aliphatic carbocycles. The number of hydrogen-bond donors (Lipinski definition) is 2. The molecule has 0 saturated heterocycles. The largest absolute Gasteiger partial charge is 0.398 e. The second-order valence-electron chi connectivity index (χ2n) is 3.39. The van der Waals surface area contributed by atoms with Crippen molar-refractivity contribution in [2.75, 3.05) is 11.1 Å². The lowest BCUT2D eigenvalue weighted by molar-refractivity contribution is 0.672. The van der Waals surface area contributed by atoms with E-state index < -0.39 is 0 Å². The molecular formula is C11H17BrN2. The third-order valence-electron chi connectivity index (χ3n) is 2.36. The zero-order chi connectivity index (χ0) is 10.6. The lowest BCUT2D eigenvalue weighted by Gasteiger charge is -2.16. The fourth-order valence-electron chi connectivity index (χ4n) is 1.35. The van der Waals surface area contributed by atoms with Gasteiger partial charge in [-0.15, -0.1) is 0 Å². The highest BCUT2D eigenvalue weighted by atomic mass is 79.9. The Hall–Kier alpha value is -0.700. The van der Waals surface area contributed by atoms with E-state index in [0.717, 1.165) is 28.7 Å². The van der Waals surface area contributed by atoms with E-state index in [9.17, 15) is 0 Å². The first kappa shape index (κ1) is 11.4. The number of nitrogens with one attached hydrogen (secondary N) is 1. The molecule has 0 aromatic heterocycles. The van der Waals surface area contributed by atoms with E-state index in [1.165, 1.54) is 0 Å². The Morgan fingerprint density at radius 3 is 2.50 bits per heavy atom. The van der Waals surface area contributed by atoms with Gasteiger partial charge in [0.2, 0.25) is 0 Å². The van der Waals surface area contributed by atoms with Crippen LogP contribution in [0.25, 0.3) is 0 Å². The second kappa shape index (κ2) is 5.25. The van der Waals surface area contributed by atoms with Crippen LogP contribution in [0.3, 0.4) is 0 Å².